The van der Waals surface area contributed by atoms with E-state index < -0.39 is 0 Å². The number of aliphatic imine (C=N–C) groups is 1. The molecular formula is C22H17Cl2N5O2S. The summed E-state index contributed by atoms with van der Waals surface area (Å²) in [4.78, 5) is 26.0. The lowest BCUT2D eigenvalue weighted by Crippen LogP contribution is -2.19. The number of para-hydroxylation sites is 1. The number of aliphatic hydroxyl groups excluding tert-OH is 1. The molecule has 0 atom stereocenters. The Morgan fingerprint density at radius 1 is 1.22 bits per heavy atom. The van der Waals surface area contributed by atoms with Gasteiger partial charge < -0.3 is 10.4 Å². The molecule has 2 aromatic carbocycles. The van der Waals surface area contributed by atoms with Gasteiger partial charge in [0.05, 0.1) is 32.2 Å². The zero-order valence-corrected chi connectivity index (χ0v) is 19.1. The number of rotatable bonds is 2. The lowest BCUT2D eigenvalue weighted by Gasteiger charge is -2.03. The van der Waals surface area contributed by atoms with Crippen LogP contribution in [0.4, 0.5) is 5.69 Å². The van der Waals surface area contributed by atoms with Crippen molar-refractivity contribution in [1.29, 1.82) is 0 Å². The summed E-state index contributed by atoms with van der Waals surface area (Å²) in [6.45, 7) is 1.93. The number of aliphatic hydroxyl groups is 1. The minimum Gasteiger partial charge on any atom is -0.397 e. The molecule has 7 nitrogen and oxygen atoms in total. The summed E-state index contributed by atoms with van der Waals surface area (Å²) in [7, 11) is 0. The maximum Gasteiger partial charge on any atom is 0.264 e. The molecule has 0 saturated carbocycles. The summed E-state index contributed by atoms with van der Waals surface area (Å²) in [5, 5.41) is 11.6. The van der Waals surface area contributed by atoms with E-state index in [-0.39, 0.29) is 12.5 Å². The standard InChI is InChI=1S/C20H11Cl2N5OS.C2H6O/c21-12-2-1-3-13(22)18(12)25-20-26-19(28)16(29-20)9-11-4-5-14-15(8-11)27-7-6-23-17(27)10-24-14;1-2-3/h1-10H,(H,25,26,28);3H,2H2,1H3/b16-9-;. The summed E-state index contributed by atoms with van der Waals surface area (Å²) >= 11 is 13.6. The van der Waals surface area contributed by atoms with Gasteiger partial charge in [0.25, 0.3) is 5.91 Å². The average Bonchev–Trinajstić information content (AvgIpc) is 3.38. The van der Waals surface area contributed by atoms with Crippen LogP contribution in [0.3, 0.4) is 0 Å². The molecule has 0 unspecified atom stereocenters. The highest BCUT2D eigenvalue weighted by molar-refractivity contribution is 8.18. The molecule has 10 heteroatoms. The Kier molecular flexibility index (Phi) is 6.76. The molecular weight excluding hydrogens is 469 g/mol. The predicted molar refractivity (Wildman–Crippen MR) is 131 cm³/mol. The molecule has 0 aliphatic carbocycles. The number of halogens is 2. The highest BCUT2D eigenvalue weighted by atomic mass is 35.5. The monoisotopic (exact) mass is 485 g/mol. The molecule has 2 aromatic heterocycles. The van der Waals surface area contributed by atoms with Crippen molar-refractivity contribution < 1.29 is 9.90 Å². The molecule has 0 radical (unpaired) electrons. The Balaban J connectivity index is 0.000000775. The number of thioether (sulfide) groups is 1. The van der Waals surface area contributed by atoms with Crippen LogP contribution in [0.2, 0.25) is 10.0 Å². The third-order valence-corrected chi connectivity index (χ3v) is 5.87. The average molecular weight is 486 g/mol. The molecule has 32 heavy (non-hydrogen) atoms. The van der Waals surface area contributed by atoms with Crippen LogP contribution in [0, 0.1) is 0 Å². The van der Waals surface area contributed by atoms with Crippen molar-refractivity contribution in [2.45, 2.75) is 6.92 Å². The largest absolute Gasteiger partial charge is 0.397 e. The zero-order chi connectivity index (χ0) is 22.7. The second-order valence-corrected chi connectivity index (χ2v) is 8.38. The van der Waals surface area contributed by atoms with E-state index in [9.17, 15) is 4.79 Å². The quantitative estimate of drug-likeness (QED) is 0.386. The van der Waals surface area contributed by atoms with E-state index in [0.29, 0.717) is 25.8 Å². The first-order valence-electron chi connectivity index (χ1n) is 9.56. The van der Waals surface area contributed by atoms with Crippen LogP contribution in [0.1, 0.15) is 12.5 Å². The van der Waals surface area contributed by atoms with Crippen molar-refractivity contribution in [2.75, 3.05) is 6.61 Å². The van der Waals surface area contributed by atoms with Crippen LogP contribution in [0.5, 0.6) is 0 Å². The van der Waals surface area contributed by atoms with E-state index in [1.165, 1.54) is 11.8 Å². The van der Waals surface area contributed by atoms with E-state index in [1.54, 1.807) is 37.5 Å². The minimum atomic E-state index is -0.226. The van der Waals surface area contributed by atoms with Crippen molar-refractivity contribution in [3.05, 3.63) is 75.5 Å². The van der Waals surface area contributed by atoms with Gasteiger partial charge in [0, 0.05) is 19.0 Å². The Morgan fingerprint density at radius 3 is 2.72 bits per heavy atom. The van der Waals surface area contributed by atoms with Crippen molar-refractivity contribution in [2.24, 2.45) is 4.99 Å². The summed E-state index contributed by atoms with van der Waals surface area (Å²) in [6, 6.07) is 10.9. The number of nitrogens with zero attached hydrogens (tertiary/aromatic N) is 4. The maximum atomic E-state index is 12.4. The van der Waals surface area contributed by atoms with Gasteiger partial charge in [0.2, 0.25) is 0 Å². The number of aromatic nitrogens is 3. The second kappa shape index (κ2) is 9.70. The van der Waals surface area contributed by atoms with E-state index in [2.05, 4.69) is 20.3 Å². The van der Waals surface area contributed by atoms with E-state index in [1.807, 2.05) is 34.9 Å². The van der Waals surface area contributed by atoms with Crippen LogP contribution < -0.4 is 5.32 Å². The number of carbonyl (C=O) groups is 1. The predicted octanol–water partition coefficient (Wildman–Crippen LogP) is 5.08. The molecule has 3 heterocycles. The molecule has 1 aliphatic heterocycles. The lowest BCUT2D eigenvalue weighted by molar-refractivity contribution is -0.115. The van der Waals surface area contributed by atoms with Gasteiger partial charge in [-0.2, -0.15) is 0 Å². The zero-order valence-electron chi connectivity index (χ0n) is 16.8. The summed E-state index contributed by atoms with van der Waals surface area (Å²) in [6.07, 6.45) is 7.14. The minimum absolute atomic E-state index is 0.226. The van der Waals surface area contributed by atoms with Gasteiger partial charge in [-0.3, -0.25) is 14.2 Å². The van der Waals surface area contributed by atoms with Crippen LogP contribution in [-0.2, 0) is 4.79 Å². The van der Waals surface area contributed by atoms with Gasteiger partial charge in [0.15, 0.2) is 10.8 Å². The maximum absolute atomic E-state index is 12.4. The Bertz CT molecular complexity index is 1360. The fourth-order valence-corrected chi connectivity index (χ4v) is 4.31. The number of amides is 1. The topological polar surface area (TPSA) is 91.9 Å². The van der Waals surface area contributed by atoms with Crippen molar-refractivity contribution in [3.8, 4) is 0 Å². The molecule has 4 aromatic rings. The SMILES string of the molecule is CCO.O=C1NC(=Nc2c(Cl)cccc2Cl)S/C1=C\c1ccc2ncc3nccn3c2c1. The van der Waals surface area contributed by atoms with E-state index >= 15 is 0 Å². The number of amidine groups is 1. The van der Waals surface area contributed by atoms with Gasteiger partial charge in [-0.05, 0) is 54.6 Å². The molecule has 5 rings (SSSR count). The first-order chi connectivity index (χ1) is 15.5. The third-order valence-electron chi connectivity index (χ3n) is 4.35. The Morgan fingerprint density at radius 2 is 1.97 bits per heavy atom. The van der Waals surface area contributed by atoms with Crippen LogP contribution in [0.15, 0.2) is 64.9 Å². The number of benzene rings is 2. The number of carbonyl (C=O) groups excluding carboxylic acids is 1. The van der Waals surface area contributed by atoms with Crippen LogP contribution in [-0.4, -0.2) is 37.2 Å². The van der Waals surface area contributed by atoms with Gasteiger partial charge in [-0.25, -0.2) is 9.98 Å². The fourth-order valence-electron chi connectivity index (χ4n) is 3.00. The Hall–Kier alpha value is -2.91. The molecule has 0 bridgehead atoms. The number of hydrogen-bond acceptors (Lipinski definition) is 6. The van der Waals surface area contributed by atoms with Crippen molar-refractivity contribution >= 4 is 74.5 Å². The summed E-state index contributed by atoms with van der Waals surface area (Å²) < 4.78 is 1.96. The molecule has 1 fully saturated rings. The first kappa shape index (κ1) is 22.3. The van der Waals surface area contributed by atoms with Gasteiger partial charge >= 0.3 is 0 Å². The fraction of sp³-hybridized carbons (Fsp3) is 0.0909. The molecule has 2 N–H and O–H groups in total. The molecule has 1 aliphatic rings. The smallest absolute Gasteiger partial charge is 0.264 e. The number of nitrogens with one attached hydrogen (secondary N) is 1. The highest BCUT2D eigenvalue weighted by Crippen LogP contribution is 2.35. The second-order valence-electron chi connectivity index (χ2n) is 6.53. The summed E-state index contributed by atoms with van der Waals surface area (Å²) in [5.74, 6) is -0.226. The highest BCUT2D eigenvalue weighted by Gasteiger charge is 2.24. The molecule has 1 amide bonds. The summed E-state index contributed by atoms with van der Waals surface area (Å²) in [5.41, 5.74) is 3.82. The van der Waals surface area contributed by atoms with Gasteiger partial charge in [-0.15, -0.1) is 0 Å². The van der Waals surface area contributed by atoms with Crippen molar-refractivity contribution in [1.82, 2.24) is 19.7 Å². The normalized spacial score (nSPS) is 15.9. The van der Waals surface area contributed by atoms with Crippen LogP contribution >= 0.6 is 35.0 Å². The lowest BCUT2D eigenvalue weighted by atomic mass is 10.1. The molecule has 162 valence electrons. The van der Waals surface area contributed by atoms with E-state index in [0.717, 1.165) is 22.2 Å². The van der Waals surface area contributed by atoms with Gasteiger partial charge in [0.1, 0.15) is 5.69 Å². The third kappa shape index (κ3) is 4.63. The number of imidazole rings is 1. The van der Waals surface area contributed by atoms with Gasteiger partial charge in [-0.1, -0.05) is 35.3 Å². The van der Waals surface area contributed by atoms with Crippen molar-refractivity contribution in [3.63, 3.8) is 0 Å². The van der Waals surface area contributed by atoms with E-state index in [4.69, 9.17) is 28.3 Å². The molecule has 0 spiro atoms. The first-order valence-corrected chi connectivity index (χ1v) is 11.1. The number of fused-ring (bicyclic) bond motifs is 3. The molecule has 1 saturated heterocycles. The van der Waals surface area contributed by atoms with Crippen LogP contribution in [0.25, 0.3) is 22.8 Å². The number of hydrogen-bond donors (Lipinski definition) is 2. The Labute approximate surface area is 197 Å².